The van der Waals surface area contributed by atoms with Crippen LogP contribution in [-0.2, 0) is 4.74 Å². The lowest BCUT2D eigenvalue weighted by molar-refractivity contribution is 0.194. The third kappa shape index (κ3) is 4.01. The average Bonchev–Trinajstić information content (AvgIpc) is 1.35. The van der Waals surface area contributed by atoms with E-state index in [0.29, 0.717) is 5.52 Å². The number of carbonyl (C=O) groups is 1. The van der Waals surface area contributed by atoms with Crippen LogP contribution in [0, 0.1) is 0 Å². The Hall–Kier alpha value is 0.0149. The SMILES string of the molecule is BC(=O)OCBr. The summed E-state index contributed by atoms with van der Waals surface area (Å²) >= 11 is 2.91. The smallest absolute Gasteiger partial charge is 0.243 e. The van der Waals surface area contributed by atoms with Crippen LogP contribution >= 0.6 is 15.9 Å². The van der Waals surface area contributed by atoms with Gasteiger partial charge >= 0.3 is 0 Å². The Labute approximate surface area is 45.4 Å². The maximum Gasteiger partial charge on any atom is 0.243 e. The molecule has 0 radical (unpaired) electrons. The Balaban J connectivity index is 2.83. The number of carbonyl (C=O) groups excluding carboxylic acids is 1. The summed E-state index contributed by atoms with van der Waals surface area (Å²) in [6.45, 7) is 0. The van der Waals surface area contributed by atoms with Crippen molar-refractivity contribution in [2.45, 2.75) is 0 Å². The molecule has 0 bridgehead atoms. The zero-order valence-electron chi connectivity index (χ0n) is 3.40. The van der Waals surface area contributed by atoms with Gasteiger partial charge in [0, 0.05) is 0 Å². The van der Waals surface area contributed by atoms with Crippen LogP contribution in [0.5, 0.6) is 0 Å². The Bertz CT molecular complexity index is 55.5. The van der Waals surface area contributed by atoms with Gasteiger partial charge in [0.25, 0.3) is 0 Å². The lowest BCUT2D eigenvalue weighted by Crippen LogP contribution is -1.96. The zero-order chi connectivity index (χ0) is 4.99. The summed E-state index contributed by atoms with van der Waals surface area (Å²) in [7, 11) is 1.36. The van der Waals surface area contributed by atoms with E-state index in [1.165, 1.54) is 7.85 Å². The fourth-order valence-electron chi connectivity index (χ4n) is 0.0768. The molecular formula is C2H4BBrO2. The van der Waals surface area contributed by atoms with Crippen LogP contribution in [0.3, 0.4) is 0 Å². The van der Waals surface area contributed by atoms with Crippen molar-refractivity contribution < 1.29 is 9.53 Å². The summed E-state index contributed by atoms with van der Waals surface area (Å²) in [5.74, 6) is -0.258. The van der Waals surface area contributed by atoms with Gasteiger partial charge in [-0.2, -0.15) is 0 Å². The molecule has 0 saturated heterocycles. The van der Waals surface area contributed by atoms with Crippen LogP contribution in [0.1, 0.15) is 0 Å². The van der Waals surface area contributed by atoms with E-state index < -0.39 is 0 Å². The summed E-state index contributed by atoms with van der Waals surface area (Å²) in [4.78, 5) is 9.79. The molecule has 0 atom stereocenters. The van der Waals surface area contributed by atoms with Gasteiger partial charge in [0.1, 0.15) is 5.52 Å². The van der Waals surface area contributed by atoms with E-state index in [0.717, 1.165) is 0 Å². The van der Waals surface area contributed by atoms with Crippen LogP contribution in [0.4, 0.5) is 4.79 Å². The molecule has 0 aliphatic carbocycles. The van der Waals surface area contributed by atoms with E-state index in [4.69, 9.17) is 0 Å². The quantitative estimate of drug-likeness (QED) is 0.392. The third-order valence-corrected chi connectivity index (χ3v) is 0.487. The van der Waals surface area contributed by atoms with E-state index in [1.54, 1.807) is 0 Å². The molecule has 4 heteroatoms. The van der Waals surface area contributed by atoms with Crippen LogP contribution < -0.4 is 0 Å². The van der Waals surface area contributed by atoms with Crippen LogP contribution in [0.15, 0.2) is 0 Å². The maximum atomic E-state index is 9.79. The lowest BCUT2D eigenvalue weighted by Gasteiger charge is -1.88. The van der Waals surface area contributed by atoms with Crippen LogP contribution in [-0.4, -0.2) is 19.2 Å². The van der Waals surface area contributed by atoms with Crippen molar-refractivity contribution in [1.29, 1.82) is 0 Å². The number of ether oxygens (including phenoxy) is 1. The van der Waals surface area contributed by atoms with Crippen molar-refractivity contribution in [3.05, 3.63) is 0 Å². The van der Waals surface area contributed by atoms with Crippen LogP contribution in [0.25, 0.3) is 0 Å². The first kappa shape index (κ1) is 6.01. The lowest BCUT2D eigenvalue weighted by atomic mass is 10.2. The highest BCUT2D eigenvalue weighted by atomic mass is 79.9. The summed E-state index contributed by atoms with van der Waals surface area (Å²) in [5, 5.41) is 0. The fraction of sp³-hybridized carbons (Fsp3) is 0.500. The predicted molar refractivity (Wildman–Crippen MR) is 28.8 cm³/mol. The van der Waals surface area contributed by atoms with Crippen molar-refractivity contribution in [2.24, 2.45) is 0 Å². The average molecular weight is 151 g/mol. The monoisotopic (exact) mass is 150 g/mol. The van der Waals surface area contributed by atoms with Gasteiger partial charge in [-0.1, -0.05) is 0 Å². The highest BCUT2D eigenvalue weighted by Crippen LogP contribution is 1.80. The van der Waals surface area contributed by atoms with E-state index in [9.17, 15) is 4.79 Å². The van der Waals surface area contributed by atoms with Crippen LogP contribution in [0.2, 0.25) is 0 Å². The van der Waals surface area contributed by atoms with Gasteiger partial charge in [-0.3, -0.25) is 4.79 Å². The van der Waals surface area contributed by atoms with Crippen molar-refractivity contribution in [3.63, 3.8) is 0 Å². The zero-order valence-corrected chi connectivity index (χ0v) is 4.99. The molecule has 0 spiro atoms. The molecule has 0 aromatic heterocycles. The molecule has 6 heavy (non-hydrogen) atoms. The Kier molecular flexibility index (Phi) is 3.22. The highest BCUT2D eigenvalue weighted by molar-refractivity contribution is 9.09. The molecule has 0 fully saturated rings. The second kappa shape index (κ2) is 3.21. The number of alkyl halides is 1. The van der Waals surface area contributed by atoms with Crippen molar-refractivity contribution >= 4 is 29.6 Å². The van der Waals surface area contributed by atoms with E-state index in [2.05, 4.69) is 20.7 Å². The fourth-order valence-corrected chi connectivity index (χ4v) is 0.399. The Morgan fingerprint density at radius 2 is 2.50 bits per heavy atom. The number of rotatable bonds is 1. The maximum absolute atomic E-state index is 9.79. The van der Waals surface area contributed by atoms with Gasteiger partial charge in [-0.25, -0.2) is 0 Å². The van der Waals surface area contributed by atoms with Gasteiger partial charge in [-0.05, 0) is 15.9 Å². The first-order chi connectivity index (χ1) is 2.77. The second-order valence-corrected chi connectivity index (χ2v) is 1.20. The predicted octanol–water partition coefficient (Wildman–Crippen LogP) is 0.109. The number of halogens is 1. The molecule has 0 aliphatic rings. The Morgan fingerprint density at radius 1 is 2.00 bits per heavy atom. The number of hydrogen-bond acceptors (Lipinski definition) is 2. The van der Waals surface area contributed by atoms with E-state index >= 15 is 0 Å². The normalized spacial score (nSPS) is 7.50. The second-order valence-electron chi connectivity index (χ2n) is 0.745. The standard InChI is InChI=1S/C2H4BBrO2/c3-2(5)6-1-4/h1,3H2. The van der Waals surface area contributed by atoms with Crippen molar-refractivity contribution in [1.82, 2.24) is 0 Å². The summed E-state index contributed by atoms with van der Waals surface area (Å²) in [6, 6.07) is 0. The molecule has 0 heterocycles. The number of hydrogen-bond donors (Lipinski definition) is 0. The largest absolute Gasteiger partial charge is 0.463 e. The molecule has 0 saturated carbocycles. The van der Waals surface area contributed by atoms with E-state index in [-0.39, 0.29) is 5.87 Å². The molecule has 34 valence electrons. The van der Waals surface area contributed by atoms with Gasteiger partial charge < -0.3 is 4.74 Å². The summed E-state index contributed by atoms with van der Waals surface area (Å²) < 4.78 is 4.32. The van der Waals surface area contributed by atoms with Crippen molar-refractivity contribution in [3.8, 4) is 0 Å². The third-order valence-electron chi connectivity index (χ3n) is 0.258. The molecule has 0 aromatic rings. The molecule has 0 amide bonds. The van der Waals surface area contributed by atoms with Gasteiger partial charge in [0.05, 0.1) is 0 Å². The molecule has 0 unspecified atom stereocenters. The first-order valence-corrected chi connectivity index (χ1v) is 2.59. The molecule has 2 nitrogen and oxygen atoms in total. The highest BCUT2D eigenvalue weighted by Gasteiger charge is 1.83. The summed E-state index contributed by atoms with van der Waals surface area (Å²) in [5.41, 5.74) is 0.294. The molecule has 0 rings (SSSR count). The van der Waals surface area contributed by atoms with Gasteiger partial charge in [-0.15, -0.1) is 0 Å². The van der Waals surface area contributed by atoms with E-state index in [1.807, 2.05) is 0 Å². The Morgan fingerprint density at radius 3 is 2.50 bits per heavy atom. The minimum Gasteiger partial charge on any atom is -0.463 e. The molecular weight excluding hydrogens is 147 g/mol. The van der Waals surface area contributed by atoms with Crippen molar-refractivity contribution in [2.75, 3.05) is 5.52 Å². The van der Waals surface area contributed by atoms with Gasteiger partial charge in [0.15, 0.2) is 0 Å². The summed E-state index contributed by atoms with van der Waals surface area (Å²) in [6.07, 6.45) is 0. The minimum atomic E-state index is -0.258. The molecule has 0 N–H and O–H groups in total. The van der Waals surface area contributed by atoms with Gasteiger partial charge in [0.2, 0.25) is 13.7 Å². The molecule has 0 aromatic carbocycles. The molecule has 0 aliphatic heterocycles. The first-order valence-electron chi connectivity index (χ1n) is 1.46. The minimum absolute atomic E-state index is 0.258. The topological polar surface area (TPSA) is 26.3 Å².